The van der Waals surface area contributed by atoms with Gasteiger partial charge in [-0.05, 0) is 18.2 Å². The molecule has 0 unspecified atom stereocenters. The quantitative estimate of drug-likeness (QED) is 0.624. The molecule has 2 amide bonds. The zero-order chi connectivity index (χ0) is 23.0. The van der Waals surface area contributed by atoms with Crippen molar-refractivity contribution in [1.82, 2.24) is 20.3 Å². The van der Waals surface area contributed by atoms with Crippen LogP contribution in [-0.2, 0) is 15.7 Å². The Labute approximate surface area is 186 Å². The Morgan fingerprint density at radius 3 is 2.61 bits per heavy atom. The molecule has 3 aromatic rings. The predicted octanol–water partition coefficient (Wildman–Crippen LogP) is 3.49. The molecule has 0 bridgehead atoms. The highest BCUT2D eigenvalue weighted by molar-refractivity contribution is 5.89. The molecular formula is C22H20F3N5O3. The van der Waals surface area contributed by atoms with Crippen LogP contribution >= 0.6 is 0 Å². The van der Waals surface area contributed by atoms with Crippen molar-refractivity contribution in [1.29, 1.82) is 0 Å². The van der Waals surface area contributed by atoms with Crippen molar-refractivity contribution in [2.45, 2.75) is 30.5 Å². The number of hydrogen-bond acceptors (Lipinski definition) is 5. The van der Waals surface area contributed by atoms with E-state index in [1.165, 1.54) is 12.1 Å². The van der Waals surface area contributed by atoms with E-state index >= 15 is 0 Å². The number of anilines is 1. The molecule has 33 heavy (non-hydrogen) atoms. The molecule has 0 radical (unpaired) electrons. The van der Waals surface area contributed by atoms with Crippen molar-refractivity contribution in [2.75, 3.05) is 18.5 Å². The van der Waals surface area contributed by atoms with Crippen molar-refractivity contribution in [2.24, 2.45) is 0 Å². The van der Waals surface area contributed by atoms with Gasteiger partial charge in [0, 0.05) is 11.3 Å². The number of rotatable bonds is 4. The minimum Gasteiger partial charge on any atom is -0.371 e. The summed E-state index contributed by atoms with van der Waals surface area (Å²) in [6, 6.07) is 12.8. The van der Waals surface area contributed by atoms with Crippen molar-refractivity contribution < 1.29 is 27.4 Å². The molecule has 5 rings (SSSR count). The molecular weight excluding hydrogens is 439 g/mol. The van der Waals surface area contributed by atoms with Crippen LogP contribution in [0.3, 0.4) is 0 Å². The fourth-order valence-corrected chi connectivity index (χ4v) is 4.12. The van der Waals surface area contributed by atoms with Gasteiger partial charge in [0.15, 0.2) is 0 Å². The number of alkyl halides is 3. The number of carbonyl (C=O) groups is 1. The van der Waals surface area contributed by atoms with Gasteiger partial charge in [0.25, 0.3) is 0 Å². The van der Waals surface area contributed by atoms with Crippen LogP contribution in [0.15, 0.2) is 60.8 Å². The Bertz CT molecular complexity index is 1140. The summed E-state index contributed by atoms with van der Waals surface area (Å²) in [5.74, 6) is 0. The van der Waals surface area contributed by atoms with Gasteiger partial charge in [-0.25, -0.2) is 9.48 Å². The van der Waals surface area contributed by atoms with Gasteiger partial charge in [0.2, 0.25) is 0 Å². The Hall–Kier alpha value is -3.44. The van der Waals surface area contributed by atoms with Gasteiger partial charge in [0.1, 0.15) is 23.9 Å². The molecule has 0 spiro atoms. The Kier molecular flexibility index (Phi) is 5.51. The van der Waals surface area contributed by atoms with E-state index in [4.69, 9.17) is 9.47 Å². The molecule has 2 aliphatic rings. The molecule has 0 saturated carbocycles. The highest BCUT2D eigenvalue weighted by atomic mass is 19.4. The fourth-order valence-electron chi connectivity index (χ4n) is 4.12. The van der Waals surface area contributed by atoms with Crippen molar-refractivity contribution in [3.8, 4) is 11.3 Å². The van der Waals surface area contributed by atoms with E-state index in [0.29, 0.717) is 6.61 Å². The molecule has 1 aromatic heterocycles. The Morgan fingerprint density at radius 2 is 1.82 bits per heavy atom. The second kappa shape index (κ2) is 8.49. The number of nitrogens with one attached hydrogen (secondary N) is 2. The lowest BCUT2D eigenvalue weighted by Gasteiger charge is -2.18. The molecule has 2 aromatic carbocycles. The third-order valence-electron chi connectivity index (χ3n) is 5.71. The number of carbonyl (C=O) groups excluding carboxylic acids is 1. The maximum absolute atomic E-state index is 12.9. The fraction of sp³-hybridized carbons (Fsp3) is 0.318. The van der Waals surface area contributed by atoms with E-state index in [1.54, 1.807) is 4.68 Å². The molecule has 8 nitrogen and oxygen atoms in total. The summed E-state index contributed by atoms with van der Waals surface area (Å²) in [7, 11) is 0. The van der Waals surface area contributed by atoms with Gasteiger partial charge >= 0.3 is 12.2 Å². The van der Waals surface area contributed by atoms with Crippen LogP contribution in [0.5, 0.6) is 0 Å². The molecule has 2 saturated heterocycles. The number of hydrogen-bond donors (Lipinski definition) is 2. The summed E-state index contributed by atoms with van der Waals surface area (Å²) < 4.78 is 52.1. The van der Waals surface area contributed by atoms with E-state index in [9.17, 15) is 18.0 Å². The second-order valence-electron chi connectivity index (χ2n) is 7.90. The third-order valence-corrected chi connectivity index (χ3v) is 5.71. The second-order valence-corrected chi connectivity index (χ2v) is 7.90. The Balaban J connectivity index is 1.21. The largest absolute Gasteiger partial charge is 0.416 e. The average Bonchev–Trinajstić information content (AvgIpc) is 3.52. The number of fused-ring (bicyclic) bond motifs is 1. The molecule has 3 heterocycles. The maximum Gasteiger partial charge on any atom is 0.416 e. The topological polar surface area (TPSA) is 90.3 Å². The van der Waals surface area contributed by atoms with Gasteiger partial charge in [-0.2, -0.15) is 13.2 Å². The first-order valence-electron chi connectivity index (χ1n) is 10.3. The number of aromatic nitrogens is 3. The SMILES string of the molecule is O=C(Nc1cccc(C(F)(F)F)c1)N[C@H]1CO[C@H]2[C@H]1OC[C@H]2n1cc(-c2ccccc2)nn1. The molecule has 4 atom stereocenters. The number of benzene rings is 2. The third kappa shape index (κ3) is 4.41. The van der Waals surface area contributed by atoms with Gasteiger partial charge < -0.3 is 20.1 Å². The van der Waals surface area contributed by atoms with Gasteiger partial charge in [-0.15, -0.1) is 5.10 Å². The van der Waals surface area contributed by atoms with Crippen molar-refractivity contribution >= 4 is 11.7 Å². The predicted molar refractivity (Wildman–Crippen MR) is 111 cm³/mol. The minimum atomic E-state index is -4.49. The first kappa shape index (κ1) is 21.4. The number of halogens is 3. The standard InChI is InChI=1S/C22H20F3N5O3/c23-22(24,25)14-7-4-8-15(9-14)26-21(31)27-17-11-32-20-18(12-33-19(17)20)30-10-16(28-29-30)13-5-2-1-3-6-13/h1-10,17-20H,11-12H2,(H2,26,27,31)/t17-,18+,19-,20+/m0/s1. The van der Waals surface area contributed by atoms with Gasteiger partial charge in [-0.3, -0.25) is 0 Å². The minimum absolute atomic E-state index is 0.0408. The van der Waals surface area contributed by atoms with Crippen LogP contribution in [-0.4, -0.2) is 52.5 Å². The lowest BCUT2D eigenvalue weighted by atomic mass is 10.1. The van der Waals surface area contributed by atoms with E-state index < -0.39 is 29.9 Å². The van der Waals surface area contributed by atoms with Crippen LogP contribution in [0.1, 0.15) is 11.6 Å². The summed E-state index contributed by atoms with van der Waals surface area (Å²) >= 11 is 0. The number of ether oxygens (including phenoxy) is 2. The van der Waals surface area contributed by atoms with E-state index in [1.807, 2.05) is 36.5 Å². The van der Waals surface area contributed by atoms with Crippen LogP contribution in [0.25, 0.3) is 11.3 Å². The van der Waals surface area contributed by atoms with Crippen LogP contribution in [0.4, 0.5) is 23.7 Å². The van der Waals surface area contributed by atoms with Crippen molar-refractivity contribution in [3.63, 3.8) is 0 Å². The molecule has 2 fully saturated rings. The number of amides is 2. The average molecular weight is 459 g/mol. The molecule has 2 N–H and O–H groups in total. The normalized spacial score (nSPS) is 24.5. The van der Waals surface area contributed by atoms with E-state index in [0.717, 1.165) is 23.4 Å². The van der Waals surface area contributed by atoms with Crippen LogP contribution in [0.2, 0.25) is 0 Å². The van der Waals surface area contributed by atoms with Crippen LogP contribution < -0.4 is 10.6 Å². The zero-order valence-electron chi connectivity index (χ0n) is 17.2. The first-order valence-corrected chi connectivity index (χ1v) is 10.3. The summed E-state index contributed by atoms with van der Waals surface area (Å²) in [4.78, 5) is 12.4. The van der Waals surface area contributed by atoms with Crippen LogP contribution in [0, 0.1) is 0 Å². The molecule has 11 heteroatoms. The summed E-state index contributed by atoms with van der Waals surface area (Å²) in [6.07, 6.45) is -3.41. The lowest BCUT2D eigenvalue weighted by molar-refractivity contribution is -0.137. The highest BCUT2D eigenvalue weighted by Crippen LogP contribution is 2.35. The number of urea groups is 1. The van der Waals surface area contributed by atoms with E-state index in [2.05, 4.69) is 20.9 Å². The monoisotopic (exact) mass is 459 g/mol. The Morgan fingerprint density at radius 1 is 1.03 bits per heavy atom. The van der Waals surface area contributed by atoms with Gasteiger partial charge in [-0.1, -0.05) is 41.6 Å². The van der Waals surface area contributed by atoms with E-state index in [-0.39, 0.29) is 24.4 Å². The number of nitrogens with zero attached hydrogens (tertiary/aromatic N) is 3. The van der Waals surface area contributed by atoms with Crippen molar-refractivity contribution in [3.05, 3.63) is 66.4 Å². The highest BCUT2D eigenvalue weighted by Gasteiger charge is 2.49. The molecule has 2 aliphatic heterocycles. The first-order chi connectivity index (χ1) is 15.9. The summed E-state index contributed by atoms with van der Waals surface area (Å²) in [5.41, 5.74) is 0.873. The summed E-state index contributed by atoms with van der Waals surface area (Å²) in [5, 5.41) is 13.6. The molecule has 0 aliphatic carbocycles. The lowest BCUT2D eigenvalue weighted by Crippen LogP contribution is -2.45. The smallest absolute Gasteiger partial charge is 0.371 e. The van der Waals surface area contributed by atoms with Gasteiger partial charge in [0.05, 0.1) is 31.0 Å². The maximum atomic E-state index is 12.9. The zero-order valence-corrected chi connectivity index (χ0v) is 17.2. The summed E-state index contributed by atoms with van der Waals surface area (Å²) in [6.45, 7) is 0.544. The molecule has 172 valence electrons.